The van der Waals surface area contributed by atoms with Gasteiger partial charge in [-0.1, -0.05) is 56.9 Å². The molecule has 0 aliphatic heterocycles. The summed E-state index contributed by atoms with van der Waals surface area (Å²) in [4.78, 5) is 32.0. The predicted molar refractivity (Wildman–Crippen MR) is 165 cm³/mol. The van der Waals surface area contributed by atoms with Gasteiger partial charge >= 0.3 is 12.0 Å². The number of hydrogen-bond donors (Lipinski definition) is 2. The number of imidazole rings is 1. The van der Waals surface area contributed by atoms with Crippen LogP contribution in [0, 0.1) is 6.92 Å². The van der Waals surface area contributed by atoms with Crippen LogP contribution in [-0.2, 0) is 6.42 Å². The van der Waals surface area contributed by atoms with Crippen LogP contribution in [0.15, 0.2) is 60.7 Å². The van der Waals surface area contributed by atoms with Crippen molar-refractivity contribution < 1.29 is 14.7 Å². The van der Waals surface area contributed by atoms with Crippen molar-refractivity contribution >= 4 is 28.7 Å². The third-order valence-corrected chi connectivity index (χ3v) is 8.18. The molecular weight excluding hydrogens is 512 g/mol. The Bertz CT molecular complexity index is 1550. The Morgan fingerprint density at radius 3 is 2.49 bits per heavy atom. The zero-order valence-electron chi connectivity index (χ0n) is 24.3. The molecular formula is C34H40N4O3. The van der Waals surface area contributed by atoms with E-state index >= 15 is 0 Å². The van der Waals surface area contributed by atoms with E-state index in [1.165, 1.54) is 19.3 Å². The Labute approximate surface area is 242 Å². The molecule has 1 saturated carbocycles. The number of carboxylic acid groups (broad SMARTS) is 1. The summed E-state index contributed by atoms with van der Waals surface area (Å²) in [6, 6.07) is 19.5. The number of aromatic carboxylic acids is 1. The van der Waals surface area contributed by atoms with Crippen LogP contribution >= 0.6 is 0 Å². The average molecular weight is 553 g/mol. The molecule has 1 aliphatic carbocycles. The number of carboxylic acids is 1. The lowest BCUT2D eigenvalue weighted by Crippen LogP contribution is -2.45. The molecule has 7 nitrogen and oxygen atoms in total. The van der Waals surface area contributed by atoms with Crippen molar-refractivity contribution in [2.45, 2.75) is 78.2 Å². The van der Waals surface area contributed by atoms with E-state index < -0.39 is 5.97 Å². The number of aromatic nitrogens is 2. The summed E-state index contributed by atoms with van der Waals surface area (Å²) in [6.45, 7) is 6.76. The zero-order valence-corrected chi connectivity index (χ0v) is 24.3. The molecule has 0 saturated heterocycles. The molecule has 7 heteroatoms. The lowest BCUT2D eigenvalue weighted by molar-refractivity contribution is 0.0697. The maximum Gasteiger partial charge on any atom is 0.336 e. The maximum absolute atomic E-state index is 13.3. The lowest BCUT2D eigenvalue weighted by atomic mass is 9.95. The Kier molecular flexibility index (Phi) is 8.72. The molecule has 2 N–H and O–H groups in total. The van der Waals surface area contributed by atoms with E-state index in [1.807, 2.05) is 55.1 Å². The van der Waals surface area contributed by atoms with Gasteiger partial charge < -0.3 is 10.4 Å². The fourth-order valence-electron chi connectivity index (χ4n) is 6.01. The number of hydrogen-bond acceptors (Lipinski definition) is 3. The third-order valence-electron chi connectivity index (χ3n) is 8.18. The summed E-state index contributed by atoms with van der Waals surface area (Å²) in [7, 11) is 0. The highest BCUT2D eigenvalue weighted by Crippen LogP contribution is 2.32. The zero-order chi connectivity index (χ0) is 28.9. The first kappa shape index (κ1) is 28.4. The number of unbranched alkanes of at least 4 members (excludes halogenated alkanes) is 1. The number of fused-ring (bicyclic) bond motifs is 1. The normalized spacial score (nSPS) is 13.8. The van der Waals surface area contributed by atoms with Crippen LogP contribution in [0.5, 0.6) is 0 Å². The molecule has 1 heterocycles. The van der Waals surface area contributed by atoms with E-state index in [-0.39, 0.29) is 17.6 Å². The van der Waals surface area contributed by atoms with E-state index in [9.17, 15) is 14.7 Å². The minimum Gasteiger partial charge on any atom is -0.478 e. The van der Waals surface area contributed by atoms with Gasteiger partial charge in [-0.15, -0.1) is 0 Å². The molecule has 5 rings (SSSR count). The van der Waals surface area contributed by atoms with Gasteiger partial charge in [0.05, 0.1) is 16.6 Å². The topological polar surface area (TPSA) is 87.5 Å². The van der Waals surface area contributed by atoms with Crippen molar-refractivity contribution in [2.75, 3.05) is 11.4 Å². The van der Waals surface area contributed by atoms with Crippen LogP contribution < -0.4 is 10.2 Å². The standard InChI is InChI=1S/C34H40N4O3/c1-4-6-16-32-36-30-20-18-25(37(5-2)34(41)35-24-12-8-7-9-13-24)22-31(30)38(32)26-17-19-27(23(3)21-26)28-14-10-11-15-29(28)33(39)40/h10-11,14-15,17-22,24H,4-9,12-13,16H2,1-3H3,(H,35,41)(H,39,40). The van der Waals surface area contributed by atoms with E-state index in [4.69, 9.17) is 4.98 Å². The molecule has 0 unspecified atom stereocenters. The molecule has 1 aliphatic rings. The van der Waals surface area contributed by atoms with Crippen LogP contribution in [0.4, 0.5) is 10.5 Å². The van der Waals surface area contributed by atoms with Crippen molar-refractivity contribution in [3.8, 4) is 16.8 Å². The van der Waals surface area contributed by atoms with E-state index in [2.05, 4.69) is 28.9 Å². The van der Waals surface area contributed by atoms with Gasteiger partial charge in [0.15, 0.2) is 0 Å². The first-order valence-corrected chi connectivity index (χ1v) is 14.9. The maximum atomic E-state index is 13.3. The Morgan fingerprint density at radius 2 is 1.78 bits per heavy atom. The average Bonchev–Trinajstić information content (AvgIpc) is 3.34. The van der Waals surface area contributed by atoms with Gasteiger partial charge in [0.25, 0.3) is 0 Å². The number of nitrogens with one attached hydrogen (secondary N) is 1. The molecule has 0 atom stereocenters. The summed E-state index contributed by atoms with van der Waals surface area (Å²) in [6.07, 6.45) is 8.59. The summed E-state index contributed by atoms with van der Waals surface area (Å²) in [5.41, 5.74) is 6.53. The summed E-state index contributed by atoms with van der Waals surface area (Å²) in [5.74, 6) is 0.0406. The monoisotopic (exact) mass is 552 g/mol. The van der Waals surface area contributed by atoms with Crippen molar-refractivity contribution in [1.82, 2.24) is 14.9 Å². The molecule has 0 radical (unpaired) electrons. The van der Waals surface area contributed by atoms with Crippen LogP contribution in [0.2, 0.25) is 0 Å². The Morgan fingerprint density at radius 1 is 1.00 bits per heavy atom. The lowest BCUT2D eigenvalue weighted by Gasteiger charge is -2.28. The molecule has 0 bridgehead atoms. The summed E-state index contributed by atoms with van der Waals surface area (Å²) in [5, 5.41) is 13.0. The van der Waals surface area contributed by atoms with Crippen molar-refractivity contribution in [1.29, 1.82) is 0 Å². The Hall–Kier alpha value is -4.13. The largest absolute Gasteiger partial charge is 0.478 e. The number of carbonyl (C=O) groups excluding carboxylic acids is 1. The SMILES string of the molecule is CCCCc1nc2ccc(N(CC)C(=O)NC3CCCCC3)cc2n1-c1ccc(-c2ccccc2C(=O)O)c(C)c1. The number of carbonyl (C=O) groups is 2. The van der Waals surface area contributed by atoms with Gasteiger partial charge in [-0.25, -0.2) is 14.6 Å². The first-order chi connectivity index (χ1) is 19.9. The highest BCUT2D eigenvalue weighted by molar-refractivity contribution is 5.97. The minimum absolute atomic E-state index is 0.0479. The predicted octanol–water partition coefficient (Wildman–Crippen LogP) is 7.91. The number of urea groups is 1. The second-order valence-electron chi connectivity index (χ2n) is 11.0. The smallest absolute Gasteiger partial charge is 0.336 e. The van der Waals surface area contributed by atoms with Crippen molar-refractivity contribution in [3.05, 3.63) is 77.6 Å². The number of aryl methyl sites for hydroxylation is 2. The van der Waals surface area contributed by atoms with Crippen LogP contribution in [0.1, 0.15) is 80.5 Å². The second-order valence-corrected chi connectivity index (χ2v) is 11.0. The van der Waals surface area contributed by atoms with Crippen molar-refractivity contribution in [2.24, 2.45) is 0 Å². The van der Waals surface area contributed by atoms with Gasteiger partial charge in [-0.3, -0.25) is 9.47 Å². The number of anilines is 1. The molecule has 41 heavy (non-hydrogen) atoms. The first-order valence-electron chi connectivity index (χ1n) is 14.9. The Balaban J connectivity index is 1.55. The third kappa shape index (κ3) is 5.99. The molecule has 214 valence electrons. The van der Waals surface area contributed by atoms with Crippen LogP contribution in [0.3, 0.4) is 0 Å². The quantitative estimate of drug-likeness (QED) is 0.221. The molecule has 4 aromatic rings. The van der Waals surface area contributed by atoms with Gasteiger partial charge in [0, 0.05) is 30.4 Å². The number of benzene rings is 3. The van der Waals surface area contributed by atoms with Gasteiger partial charge in [0.1, 0.15) is 5.82 Å². The van der Waals surface area contributed by atoms with E-state index in [1.54, 1.807) is 12.1 Å². The second kappa shape index (κ2) is 12.6. The van der Waals surface area contributed by atoms with Crippen molar-refractivity contribution in [3.63, 3.8) is 0 Å². The number of nitrogens with zero attached hydrogens (tertiary/aromatic N) is 3. The van der Waals surface area contributed by atoms with Gasteiger partial charge in [-0.2, -0.15) is 0 Å². The van der Waals surface area contributed by atoms with E-state index in [0.717, 1.165) is 71.5 Å². The van der Waals surface area contributed by atoms with Crippen LogP contribution in [0.25, 0.3) is 27.8 Å². The molecule has 1 aromatic heterocycles. The summed E-state index contributed by atoms with van der Waals surface area (Å²) < 4.78 is 2.20. The number of rotatable bonds is 9. The molecule has 1 fully saturated rings. The molecule has 0 spiro atoms. The molecule has 2 amide bonds. The number of amides is 2. The minimum atomic E-state index is -0.938. The van der Waals surface area contributed by atoms with Gasteiger partial charge in [-0.05, 0) is 86.2 Å². The fourth-order valence-corrected chi connectivity index (χ4v) is 6.01. The highest BCUT2D eigenvalue weighted by Gasteiger charge is 2.22. The summed E-state index contributed by atoms with van der Waals surface area (Å²) >= 11 is 0. The van der Waals surface area contributed by atoms with E-state index in [0.29, 0.717) is 12.1 Å². The molecule has 3 aromatic carbocycles. The van der Waals surface area contributed by atoms with Crippen LogP contribution in [-0.4, -0.2) is 39.2 Å². The van der Waals surface area contributed by atoms with Gasteiger partial charge in [0.2, 0.25) is 0 Å². The fraction of sp³-hybridized carbons (Fsp3) is 0.382. The highest BCUT2D eigenvalue weighted by atomic mass is 16.4.